The predicted octanol–water partition coefficient (Wildman–Crippen LogP) is 5.48. The van der Waals surface area contributed by atoms with E-state index in [2.05, 4.69) is 5.32 Å². The number of ketones is 1. The van der Waals surface area contributed by atoms with E-state index >= 15 is 0 Å². The Kier molecular flexibility index (Phi) is 5.78. The van der Waals surface area contributed by atoms with Crippen molar-refractivity contribution in [2.45, 2.75) is 13.5 Å². The lowest BCUT2D eigenvalue weighted by Crippen LogP contribution is -2.23. The molecule has 5 nitrogen and oxygen atoms in total. The van der Waals surface area contributed by atoms with E-state index in [9.17, 15) is 9.59 Å². The highest BCUT2D eigenvalue weighted by Gasteiger charge is 2.25. The van der Waals surface area contributed by atoms with Crippen molar-refractivity contribution in [1.82, 2.24) is 4.57 Å². The first-order valence-electron chi connectivity index (χ1n) is 9.80. The van der Waals surface area contributed by atoms with E-state index in [1.807, 2.05) is 60.0 Å². The van der Waals surface area contributed by atoms with Gasteiger partial charge in [-0.25, -0.2) is 0 Å². The van der Waals surface area contributed by atoms with Gasteiger partial charge in [-0.3, -0.25) is 9.59 Å². The number of rotatable bonds is 6. The Labute approximate surface area is 185 Å². The summed E-state index contributed by atoms with van der Waals surface area (Å²) in [5, 5.41) is 4.10. The van der Waals surface area contributed by atoms with E-state index in [0.29, 0.717) is 28.6 Å². The number of para-hydroxylation sites is 1. The van der Waals surface area contributed by atoms with E-state index < -0.39 is 11.7 Å². The number of nitrogens with zero attached hydrogens (tertiary/aromatic N) is 1. The number of halogens is 1. The van der Waals surface area contributed by atoms with Gasteiger partial charge in [-0.2, -0.15) is 0 Å². The van der Waals surface area contributed by atoms with Crippen LogP contribution in [-0.2, 0) is 11.3 Å². The summed E-state index contributed by atoms with van der Waals surface area (Å²) >= 11 is 6.00. The minimum atomic E-state index is -0.689. The minimum absolute atomic E-state index is 0.407. The molecule has 31 heavy (non-hydrogen) atoms. The third-order valence-corrected chi connectivity index (χ3v) is 5.50. The Morgan fingerprint density at radius 3 is 2.48 bits per heavy atom. The van der Waals surface area contributed by atoms with Gasteiger partial charge in [-0.15, -0.1) is 0 Å². The standard InChI is InChI=1S/C25H21ClN2O3/c1-16-23(24(29)25(30)27-19-6-5-7-20(14-19)31-2)21-8-3-4-9-22(21)28(16)15-17-10-12-18(26)13-11-17/h3-14H,15H2,1-2H3,(H,27,30). The van der Waals surface area contributed by atoms with Gasteiger partial charge in [0.15, 0.2) is 0 Å². The van der Waals surface area contributed by atoms with E-state index in [0.717, 1.165) is 22.2 Å². The molecule has 1 heterocycles. The first kappa shape index (κ1) is 20.7. The number of methoxy groups -OCH3 is 1. The lowest BCUT2D eigenvalue weighted by Gasteiger charge is -2.09. The molecule has 0 radical (unpaired) electrons. The maximum absolute atomic E-state index is 13.2. The number of hydrogen-bond acceptors (Lipinski definition) is 3. The van der Waals surface area contributed by atoms with Crippen LogP contribution in [0, 0.1) is 6.92 Å². The normalized spacial score (nSPS) is 10.8. The number of aromatic nitrogens is 1. The fraction of sp³-hybridized carbons (Fsp3) is 0.120. The van der Waals surface area contributed by atoms with Gasteiger partial charge in [0.25, 0.3) is 11.7 Å². The molecule has 6 heteroatoms. The number of benzene rings is 3. The SMILES string of the molecule is COc1cccc(NC(=O)C(=O)c2c(C)n(Cc3ccc(Cl)cc3)c3ccccc23)c1. The number of carbonyl (C=O) groups excluding carboxylic acids is 2. The number of carbonyl (C=O) groups is 2. The summed E-state index contributed by atoms with van der Waals surface area (Å²) in [6.07, 6.45) is 0. The number of amides is 1. The monoisotopic (exact) mass is 432 g/mol. The summed E-state index contributed by atoms with van der Waals surface area (Å²) in [6, 6.07) is 22.1. The van der Waals surface area contributed by atoms with Gasteiger partial charge >= 0.3 is 0 Å². The largest absolute Gasteiger partial charge is 0.497 e. The zero-order chi connectivity index (χ0) is 22.0. The van der Waals surface area contributed by atoms with Gasteiger partial charge in [0.2, 0.25) is 0 Å². The summed E-state index contributed by atoms with van der Waals surface area (Å²) in [4.78, 5) is 26.0. The van der Waals surface area contributed by atoms with Crippen molar-refractivity contribution >= 4 is 39.9 Å². The molecule has 4 rings (SSSR count). The molecule has 0 aliphatic heterocycles. The van der Waals surface area contributed by atoms with Crippen molar-refractivity contribution in [3.05, 3.63) is 94.6 Å². The summed E-state index contributed by atoms with van der Waals surface area (Å²) in [5.41, 5.74) is 3.59. The lowest BCUT2D eigenvalue weighted by atomic mass is 10.1. The maximum atomic E-state index is 13.2. The van der Waals surface area contributed by atoms with Crippen molar-refractivity contribution in [2.75, 3.05) is 12.4 Å². The van der Waals surface area contributed by atoms with Crippen LogP contribution < -0.4 is 10.1 Å². The number of nitrogens with one attached hydrogen (secondary N) is 1. The van der Waals surface area contributed by atoms with Crippen LogP contribution in [0.2, 0.25) is 5.02 Å². The molecular weight excluding hydrogens is 412 g/mol. The highest BCUT2D eigenvalue weighted by atomic mass is 35.5. The average Bonchev–Trinajstić information content (AvgIpc) is 3.06. The zero-order valence-electron chi connectivity index (χ0n) is 17.2. The van der Waals surface area contributed by atoms with Crippen LogP contribution in [0.1, 0.15) is 21.6 Å². The number of Topliss-reactive ketones (excluding diaryl/α,β-unsaturated/α-hetero) is 1. The summed E-state index contributed by atoms with van der Waals surface area (Å²) < 4.78 is 7.22. The van der Waals surface area contributed by atoms with Gasteiger partial charge in [0, 0.05) is 39.9 Å². The number of anilines is 1. The summed E-state index contributed by atoms with van der Waals surface area (Å²) in [6.45, 7) is 2.43. The second kappa shape index (κ2) is 8.66. The first-order chi connectivity index (χ1) is 15.0. The van der Waals surface area contributed by atoms with Crippen molar-refractivity contribution in [3.63, 3.8) is 0 Å². The highest BCUT2D eigenvalue weighted by Crippen LogP contribution is 2.28. The molecule has 0 spiro atoms. The van der Waals surface area contributed by atoms with Crippen molar-refractivity contribution < 1.29 is 14.3 Å². The Hall–Kier alpha value is -3.57. The van der Waals surface area contributed by atoms with Gasteiger partial charge in [0.1, 0.15) is 5.75 Å². The molecule has 1 amide bonds. The molecule has 0 aliphatic carbocycles. The molecule has 3 aromatic carbocycles. The fourth-order valence-corrected chi connectivity index (χ4v) is 3.82. The quantitative estimate of drug-likeness (QED) is 0.324. The van der Waals surface area contributed by atoms with E-state index in [1.54, 1.807) is 31.4 Å². The van der Waals surface area contributed by atoms with Gasteiger partial charge < -0.3 is 14.6 Å². The molecule has 0 fully saturated rings. The van der Waals surface area contributed by atoms with Crippen molar-refractivity contribution in [2.24, 2.45) is 0 Å². The van der Waals surface area contributed by atoms with Crippen LogP contribution in [-0.4, -0.2) is 23.4 Å². The first-order valence-corrected chi connectivity index (χ1v) is 10.2. The van der Waals surface area contributed by atoms with E-state index in [1.165, 1.54) is 0 Å². The molecule has 0 atom stereocenters. The van der Waals surface area contributed by atoms with E-state index in [4.69, 9.17) is 16.3 Å². The van der Waals surface area contributed by atoms with E-state index in [-0.39, 0.29) is 0 Å². The van der Waals surface area contributed by atoms with Crippen LogP contribution in [0.25, 0.3) is 10.9 Å². The maximum Gasteiger partial charge on any atom is 0.296 e. The molecular formula is C25H21ClN2O3. The van der Waals surface area contributed by atoms with Crippen LogP contribution in [0.15, 0.2) is 72.8 Å². The second-order valence-corrected chi connectivity index (χ2v) is 7.64. The Morgan fingerprint density at radius 1 is 1.00 bits per heavy atom. The van der Waals surface area contributed by atoms with Crippen LogP contribution in [0.5, 0.6) is 5.75 Å². The summed E-state index contributed by atoms with van der Waals surface area (Å²) in [7, 11) is 1.55. The smallest absolute Gasteiger partial charge is 0.296 e. The molecule has 0 saturated heterocycles. The van der Waals surface area contributed by atoms with Gasteiger partial charge in [-0.05, 0) is 42.8 Å². The number of ether oxygens (including phenoxy) is 1. The Morgan fingerprint density at radius 2 is 1.74 bits per heavy atom. The molecule has 0 aliphatic rings. The third kappa shape index (κ3) is 4.18. The molecule has 156 valence electrons. The molecule has 0 bridgehead atoms. The second-order valence-electron chi connectivity index (χ2n) is 7.21. The fourth-order valence-electron chi connectivity index (χ4n) is 3.70. The van der Waals surface area contributed by atoms with Crippen LogP contribution in [0.4, 0.5) is 5.69 Å². The van der Waals surface area contributed by atoms with Gasteiger partial charge in [0.05, 0.1) is 12.7 Å². The van der Waals surface area contributed by atoms with Crippen molar-refractivity contribution in [3.8, 4) is 5.75 Å². The average molecular weight is 433 g/mol. The lowest BCUT2D eigenvalue weighted by molar-refractivity contribution is -0.112. The number of hydrogen-bond donors (Lipinski definition) is 1. The van der Waals surface area contributed by atoms with Crippen LogP contribution >= 0.6 is 11.6 Å². The topological polar surface area (TPSA) is 60.3 Å². The Balaban J connectivity index is 1.69. The summed E-state index contributed by atoms with van der Waals surface area (Å²) in [5.74, 6) is -0.668. The van der Waals surface area contributed by atoms with Crippen molar-refractivity contribution in [1.29, 1.82) is 0 Å². The molecule has 4 aromatic rings. The predicted molar refractivity (Wildman–Crippen MR) is 123 cm³/mol. The minimum Gasteiger partial charge on any atom is -0.497 e. The molecule has 0 saturated carbocycles. The highest BCUT2D eigenvalue weighted by molar-refractivity contribution is 6.48. The Bertz CT molecular complexity index is 1280. The third-order valence-electron chi connectivity index (χ3n) is 5.25. The molecule has 1 aromatic heterocycles. The number of fused-ring (bicyclic) bond motifs is 1. The zero-order valence-corrected chi connectivity index (χ0v) is 17.9. The van der Waals surface area contributed by atoms with Gasteiger partial charge in [-0.1, -0.05) is 48.0 Å². The van der Waals surface area contributed by atoms with Crippen LogP contribution in [0.3, 0.4) is 0 Å². The molecule has 1 N–H and O–H groups in total. The molecule has 0 unspecified atom stereocenters.